The Morgan fingerprint density at radius 2 is 1.81 bits per heavy atom. The highest BCUT2D eigenvalue weighted by Crippen LogP contribution is 2.35. The molecule has 0 aliphatic carbocycles. The van der Waals surface area contributed by atoms with Crippen molar-refractivity contribution in [3.8, 4) is 17.2 Å². The monoisotopic (exact) mass is 563 g/mol. The van der Waals surface area contributed by atoms with E-state index in [0.717, 1.165) is 16.8 Å². The third-order valence-electron chi connectivity index (χ3n) is 6.43. The number of anilines is 2. The summed E-state index contributed by atoms with van der Waals surface area (Å²) in [5.74, 6) is 1.84. The van der Waals surface area contributed by atoms with Crippen LogP contribution in [0.2, 0.25) is 0 Å². The second-order valence-electron chi connectivity index (χ2n) is 9.34. The Bertz CT molecular complexity index is 1880. The molecule has 0 atom stereocenters. The SMILES string of the molecule is Cc1cc(Nc2ncnc3cc(OCCOCc4ccccc4)c([N+](=O)[O-])cc23)ccc1Oc1ccn2ncnc2c1. The van der Waals surface area contributed by atoms with Gasteiger partial charge in [0.1, 0.15) is 36.6 Å². The van der Waals surface area contributed by atoms with Crippen LogP contribution in [-0.4, -0.2) is 42.7 Å². The van der Waals surface area contributed by atoms with Gasteiger partial charge in [-0.3, -0.25) is 10.1 Å². The zero-order valence-electron chi connectivity index (χ0n) is 22.5. The van der Waals surface area contributed by atoms with E-state index >= 15 is 0 Å². The number of fused-ring (bicyclic) bond motifs is 2. The van der Waals surface area contributed by atoms with Crippen LogP contribution in [0.4, 0.5) is 17.2 Å². The summed E-state index contributed by atoms with van der Waals surface area (Å²) in [5.41, 5.74) is 3.63. The van der Waals surface area contributed by atoms with Crippen molar-refractivity contribution in [3.05, 3.63) is 113 Å². The zero-order valence-corrected chi connectivity index (χ0v) is 22.5. The van der Waals surface area contributed by atoms with E-state index in [4.69, 9.17) is 14.2 Å². The molecule has 3 heterocycles. The molecule has 3 aromatic carbocycles. The maximum absolute atomic E-state index is 11.9. The summed E-state index contributed by atoms with van der Waals surface area (Å²) >= 11 is 0. The van der Waals surface area contributed by atoms with Crippen molar-refractivity contribution in [2.45, 2.75) is 13.5 Å². The van der Waals surface area contributed by atoms with Crippen molar-refractivity contribution in [1.29, 1.82) is 0 Å². The number of nitro benzene ring substituents is 1. The first-order valence-corrected chi connectivity index (χ1v) is 13.1. The summed E-state index contributed by atoms with van der Waals surface area (Å²) in [6.07, 6.45) is 4.65. The van der Waals surface area contributed by atoms with Gasteiger partial charge in [-0.05, 0) is 42.3 Å². The molecule has 0 saturated carbocycles. The Morgan fingerprint density at radius 3 is 2.64 bits per heavy atom. The molecular weight excluding hydrogens is 538 g/mol. The summed E-state index contributed by atoms with van der Waals surface area (Å²) in [7, 11) is 0. The predicted octanol–water partition coefficient (Wildman–Crippen LogP) is 6.02. The number of nitrogens with zero attached hydrogens (tertiary/aromatic N) is 6. The van der Waals surface area contributed by atoms with Crippen molar-refractivity contribution in [2.75, 3.05) is 18.5 Å². The van der Waals surface area contributed by atoms with E-state index < -0.39 is 4.92 Å². The summed E-state index contributed by atoms with van der Waals surface area (Å²) in [6.45, 7) is 2.77. The maximum Gasteiger partial charge on any atom is 0.311 e. The molecule has 0 unspecified atom stereocenters. The van der Waals surface area contributed by atoms with Crippen LogP contribution in [0.15, 0.2) is 91.6 Å². The molecule has 12 nitrogen and oxygen atoms in total. The number of pyridine rings is 1. The fourth-order valence-electron chi connectivity index (χ4n) is 4.37. The normalized spacial score (nSPS) is 11.1. The lowest BCUT2D eigenvalue weighted by atomic mass is 10.1. The summed E-state index contributed by atoms with van der Waals surface area (Å²) < 4.78 is 19.1. The van der Waals surface area contributed by atoms with Gasteiger partial charge in [0.15, 0.2) is 11.4 Å². The third-order valence-corrected chi connectivity index (χ3v) is 6.43. The highest BCUT2D eigenvalue weighted by atomic mass is 16.6. The number of aromatic nitrogens is 5. The van der Waals surface area contributed by atoms with E-state index in [1.54, 1.807) is 22.8 Å². The molecule has 0 fully saturated rings. The number of hydrogen-bond donors (Lipinski definition) is 1. The fourth-order valence-corrected chi connectivity index (χ4v) is 4.37. The van der Waals surface area contributed by atoms with Gasteiger partial charge in [0, 0.05) is 30.1 Å². The van der Waals surface area contributed by atoms with E-state index in [2.05, 4.69) is 25.4 Å². The van der Waals surface area contributed by atoms with Crippen LogP contribution in [0, 0.1) is 17.0 Å². The first kappa shape index (κ1) is 26.6. The van der Waals surface area contributed by atoms with Crippen molar-refractivity contribution in [2.24, 2.45) is 0 Å². The second kappa shape index (κ2) is 11.9. The zero-order chi connectivity index (χ0) is 28.9. The minimum atomic E-state index is -0.483. The van der Waals surface area contributed by atoms with Gasteiger partial charge in [-0.1, -0.05) is 30.3 Å². The summed E-state index contributed by atoms with van der Waals surface area (Å²) in [6, 6.07) is 21.9. The van der Waals surface area contributed by atoms with Gasteiger partial charge in [0.05, 0.1) is 29.0 Å². The van der Waals surface area contributed by atoms with Crippen molar-refractivity contribution in [1.82, 2.24) is 24.6 Å². The second-order valence-corrected chi connectivity index (χ2v) is 9.34. The molecule has 0 amide bonds. The number of hydrogen-bond acceptors (Lipinski definition) is 10. The average molecular weight is 564 g/mol. The van der Waals surface area contributed by atoms with E-state index in [9.17, 15) is 10.1 Å². The number of nitrogens with one attached hydrogen (secondary N) is 1. The number of nitro groups is 1. The van der Waals surface area contributed by atoms with Gasteiger partial charge in [-0.25, -0.2) is 19.5 Å². The quantitative estimate of drug-likeness (QED) is 0.113. The number of aryl methyl sites for hydroxylation is 1. The Kier molecular flexibility index (Phi) is 7.51. The number of ether oxygens (including phenoxy) is 3. The third kappa shape index (κ3) is 5.93. The molecule has 0 aliphatic rings. The van der Waals surface area contributed by atoms with E-state index in [-0.39, 0.29) is 24.7 Å². The van der Waals surface area contributed by atoms with Crippen molar-refractivity contribution in [3.63, 3.8) is 0 Å². The molecule has 1 N–H and O–H groups in total. The van der Waals surface area contributed by atoms with Crippen LogP contribution in [-0.2, 0) is 11.3 Å². The number of rotatable bonds is 11. The lowest BCUT2D eigenvalue weighted by molar-refractivity contribution is -0.385. The van der Waals surface area contributed by atoms with Crippen LogP contribution >= 0.6 is 0 Å². The highest BCUT2D eigenvalue weighted by molar-refractivity contribution is 5.93. The first-order valence-electron chi connectivity index (χ1n) is 13.1. The van der Waals surface area contributed by atoms with E-state index in [1.807, 2.05) is 61.5 Å². The van der Waals surface area contributed by atoms with Crippen LogP contribution in [0.5, 0.6) is 17.2 Å². The maximum atomic E-state index is 11.9. The Morgan fingerprint density at radius 1 is 0.929 bits per heavy atom. The topological polar surface area (TPSA) is 139 Å². The molecule has 12 heteroatoms. The minimum Gasteiger partial charge on any atom is -0.484 e. The van der Waals surface area contributed by atoms with Crippen molar-refractivity contribution < 1.29 is 19.1 Å². The molecule has 6 rings (SSSR count). The van der Waals surface area contributed by atoms with Gasteiger partial charge >= 0.3 is 5.69 Å². The average Bonchev–Trinajstić information content (AvgIpc) is 3.47. The van der Waals surface area contributed by atoms with E-state index in [0.29, 0.717) is 40.5 Å². The van der Waals surface area contributed by atoms with Gasteiger partial charge < -0.3 is 19.5 Å². The molecular formula is C30H25N7O5. The predicted molar refractivity (Wildman–Crippen MR) is 155 cm³/mol. The van der Waals surface area contributed by atoms with Gasteiger partial charge in [-0.15, -0.1) is 0 Å². The Balaban J connectivity index is 1.16. The Labute approximate surface area is 239 Å². The van der Waals surface area contributed by atoms with Gasteiger partial charge in [0.2, 0.25) is 0 Å². The van der Waals surface area contributed by atoms with E-state index in [1.165, 1.54) is 18.7 Å². The Hall–Kier alpha value is -5.62. The first-order chi connectivity index (χ1) is 20.5. The molecule has 0 saturated heterocycles. The van der Waals surface area contributed by atoms with Crippen LogP contribution in [0.3, 0.4) is 0 Å². The van der Waals surface area contributed by atoms with Crippen LogP contribution < -0.4 is 14.8 Å². The summed E-state index contributed by atoms with van der Waals surface area (Å²) in [5, 5.41) is 19.7. The fraction of sp³-hybridized carbons (Fsp3) is 0.133. The molecule has 0 aliphatic heterocycles. The standard InChI is InChI=1S/C30H25N7O5/c1-20-13-22(7-8-27(20)42-23-9-10-36-29(14-23)32-19-34-36)35-30-24-15-26(37(38)39)28(16-25(24)31-18-33-30)41-12-11-40-17-21-5-3-2-4-6-21/h2-10,13-16,18-19H,11-12,17H2,1H3,(H,31,33,35). The lowest BCUT2D eigenvalue weighted by Crippen LogP contribution is -2.08. The minimum absolute atomic E-state index is 0.113. The molecule has 3 aromatic heterocycles. The molecule has 0 spiro atoms. The van der Waals surface area contributed by atoms with Gasteiger partial charge in [0.25, 0.3) is 0 Å². The largest absolute Gasteiger partial charge is 0.484 e. The lowest BCUT2D eigenvalue weighted by Gasteiger charge is -2.13. The van der Waals surface area contributed by atoms with Crippen LogP contribution in [0.1, 0.15) is 11.1 Å². The highest BCUT2D eigenvalue weighted by Gasteiger charge is 2.19. The molecule has 42 heavy (non-hydrogen) atoms. The van der Waals surface area contributed by atoms with Gasteiger partial charge in [-0.2, -0.15) is 5.10 Å². The van der Waals surface area contributed by atoms with Crippen molar-refractivity contribution >= 4 is 33.7 Å². The molecule has 210 valence electrons. The smallest absolute Gasteiger partial charge is 0.311 e. The molecule has 0 radical (unpaired) electrons. The van der Waals surface area contributed by atoms with Crippen LogP contribution in [0.25, 0.3) is 16.6 Å². The summed E-state index contributed by atoms with van der Waals surface area (Å²) in [4.78, 5) is 24.3. The number of benzene rings is 3. The molecule has 0 bridgehead atoms. The molecule has 6 aromatic rings.